The van der Waals surface area contributed by atoms with Gasteiger partial charge in [-0.2, -0.15) is 4.31 Å². The van der Waals surface area contributed by atoms with E-state index in [4.69, 9.17) is 8.83 Å². The molecule has 1 saturated heterocycles. The summed E-state index contributed by atoms with van der Waals surface area (Å²) >= 11 is 0. The normalized spacial score (nSPS) is 17.7. The van der Waals surface area contributed by atoms with Crippen LogP contribution in [0, 0.1) is 12.8 Å². The second-order valence-electron chi connectivity index (χ2n) is 6.38. The van der Waals surface area contributed by atoms with Gasteiger partial charge in [0.25, 0.3) is 15.9 Å². The standard InChI is InChI=1S/C15H22N4O4S/c1-11(2)9-18-4-6-19(7-5-18)24(20,21)14-8-13(10-22-14)15-17-16-12(3)23-15/h8,10-11H,4-7,9H2,1-3H3. The number of hydrogen-bond acceptors (Lipinski definition) is 7. The Morgan fingerprint density at radius 3 is 2.50 bits per heavy atom. The van der Waals surface area contributed by atoms with Gasteiger partial charge in [0, 0.05) is 45.7 Å². The summed E-state index contributed by atoms with van der Waals surface area (Å²) in [5.74, 6) is 1.23. The Bertz CT molecular complexity index is 788. The third-order valence-electron chi connectivity index (χ3n) is 3.90. The SMILES string of the molecule is Cc1nnc(-c2coc(S(=O)(=O)N3CCN(CC(C)C)CC3)c2)o1. The third kappa shape index (κ3) is 3.52. The lowest BCUT2D eigenvalue weighted by Crippen LogP contribution is -2.49. The first-order valence-electron chi connectivity index (χ1n) is 7.98. The lowest BCUT2D eigenvalue weighted by atomic mass is 10.2. The molecule has 1 aliphatic rings. The molecule has 0 N–H and O–H groups in total. The van der Waals surface area contributed by atoms with E-state index in [0.29, 0.717) is 30.5 Å². The molecule has 0 spiro atoms. The second kappa shape index (κ2) is 6.66. The van der Waals surface area contributed by atoms with E-state index in [0.717, 1.165) is 19.6 Å². The molecule has 0 saturated carbocycles. The van der Waals surface area contributed by atoms with Gasteiger partial charge in [0.05, 0.1) is 5.56 Å². The van der Waals surface area contributed by atoms with Gasteiger partial charge in [-0.3, -0.25) is 0 Å². The predicted molar refractivity (Wildman–Crippen MR) is 86.8 cm³/mol. The molecular weight excluding hydrogens is 332 g/mol. The zero-order valence-corrected chi connectivity index (χ0v) is 14.9. The van der Waals surface area contributed by atoms with Crippen molar-refractivity contribution in [3.05, 3.63) is 18.2 Å². The molecule has 1 aliphatic heterocycles. The fourth-order valence-electron chi connectivity index (χ4n) is 2.77. The van der Waals surface area contributed by atoms with Gasteiger partial charge in [0.15, 0.2) is 0 Å². The number of hydrogen-bond donors (Lipinski definition) is 0. The Morgan fingerprint density at radius 1 is 1.21 bits per heavy atom. The number of furan rings is 1. The van der Waals surface area contributed by atoms with Crippen molar-refractivity contribution >= 4 is 10.0 Å². The van der Waals surface area contributed by atoms with E-state index in [2.05, 4.69) is 28.9 Å². The fraction of sp³-hybridized carbons (Fsp3) is 0.600. The van der Waals surface area contributed by atoms with Crippen molar-refractivity contribution in [2.24, 2.45) is 5.92 Å². The zero-order chi connectivity index (χ0) is 17.3. The van der Waals surface area contributed by atoms with Gasteiger partial charge in [-0.05, 0) is 5.92 Å². The number of aryl methyl sites for hydroxylation is 1. The van der Waals surface area contributed by atoms with E-state index >= 15 is 0 Å². The Labute approximate surface area is 141 Å². The molecular formula is C15H22N4O4S. The van der Waals surface area contributed by atoms with Gasteiger partial charge in [0.1, 0.15) is 6.26 Å². The molecule has 0 radical (unpaired) electrons. The van der Waals surface area contributed by atoms with Crippen molar-refractivity contribution in [1.29, 1.82) is 0 Å². The van der Waals surface area contributed by atoms with Crippen molar-refractivity contribution in [3.8, 4) is 11.5 Å². The second-order valence-corrected chi connectivity index (χ2v) is 8.25. The minimum Gasteiger partial charge on any atom is -0.451 e. The van der Waals surface area contributed by atoms with E-state index in [1.54, 1.807) is 6.92 Å². The van der Waals surface area contributed by atoms with Crippen LogP contribution in [0.5, 0.6) is 0 Å². The lowest BCUT2D eigenvalue weighted by molar-refractivity contribution is 0.171. The van der Waals surface area contributed by atoms with Crippen LogP contribution in [0.25, 0.3) is 11.5 Å². The summed E-state index contributed by atoms with van der Waals surface area (Å²) in [6.45, 7) is 9.36. The Hall–Kier alpha value is -1.71. The molecule has 0 aromatic carbocycles. The molecule has 1 fully saturated rings. The maximum absolute atomic E-state index is 12.7. The molecule has 2 aromatic heterocycles. The molecule has 0 amide bonds. The van der Waals surface area contributed by atoms with Crippen molar-refractivity contribution in [2.45, 2.75) is 25.9 Å². The number of piperazine rings is 1. The highest BCUT2D eigenvalue weighted by Gasteiger charge is 2.31. The highest BCUT2D eigenvalue weighted by Crippen LogP contribution is 2.26. The topological polar surface area (TPSA) is 92.7 Å². The molecule has 132 valence electrons. The van der Waals surface area contributed by atoms with Crippen LogP contribution < -0.4 is 0 Å². The summed E-state index contributed by atoms with van der Waals surface area (Å²) in [5, 5.41) is 7.51. The van der Waals surface area contributed by atoms with E-state index in [1.807, 2.05) is 0 Å². The van der Waals surface area contributed by atoms with Crippen LogP contribution in [0.2, 0.25) is 0 Å². The van der Waals surface area contributed by atoms with Crippen LogP contribution in [-0.4, -0.2) is 60.5 Å². The Balaban J connectivity index is 1.71. The summed E-state index contributed by atoms with van der Waals surface area (Å²) in [7, 11) is -3.64. The molecule has 24 heavy (non-hydrogen) atoms. The molecule has 0 aliphatic carbocycles. The summed E-state index contributed by atoms with van der Waals surface area (Å²) in [6.07, 6.45) is 1.33. The molecule has 8 nitrogen and oxygen atoms in total. The molecule has 2 aromatic rings. The van der Waals surface area contributed by atoms with E-state index in [-0.39, 0.29) is 11.0 Å². The highest BCUT2D eigenvalue weighted by atomic mass is 32.2. The van der Waals surface area contributed by atoms with Crippen LogP contribution >= 0.6 is 0 Å². The molecule has 0 atom stereocenters. The summed E-state index contributed by atoms with van der Waals surface area (Å²) in [5.41, 5.74) is 0.465. The highest BCUT2D eigenvalue weighted by molar-refractivity contribution is 7.89. The van der Waals surface area contributed by atoms with E-state index in [1.165, 1.54) is 16.6 Å². The van der Waals surface area contributed by atoms with Crippen LogP contribution in [0.3, 0.4) is 0 Å². The largest absolute Gasteiger partial charge is 0.451 e. The van der Waals surface area contributed by atoms with Gasteiger partial charge in [0.2, 0.25) is 11.0 Å². The first kappa shape index (κ1) is 17.1. The van der Waals surface area contributed by atoms with Gasteiger partial charge in [-0.15, -0.1) is 10.2 Å². The summed E-state index contributed by atoms with van der Waals surface area (Å²) in [6, 6.07) is 1.43. The van der Waals surface area contributed by atoms with Gasteiger partial charge >= 0.3 is 0 Å². The molecule has 9 heteroatoms. The van der Waals surface area contributed by atoms with Gasteiger partial charge < -0.3 is 13.7 Å². The molecule has 3 heterocycles. The average Bonchev–Trinajstić information content (AvgIpc) is 3.16. The lowest BCUT2D eigenvalue weighted by Gasteiger charge is -2.34. The first-order chi connectivity index (χ1) is 11.4. The minimum atomic E-state index is -3.64. The van der Waals surface area contributed by atoms with Crippen LogP contribution in [0.4, 0.5) is 0 Å². The monoisotopic (exact) mass is 354 g/mol. The van der Waals surface area contributed by atoms with Crippen molar-refractivity contribution in [2.75, 3.05) is 32.7 Å². The van der Waals surface area contributed by atoms with Crippen molar-refractivity contribution < 1.29 is 17.3 Å². The number of aromatic nitrogens is 2. The molecule has 0 bridgehead atoms. The van der Waals surface area contributed by atoms with Crippen LogP contribution in [0.1, 0.15) is 19.7 Å². The maximum Gasteiger partial charge on any atom is 0.276 e. The van der Waals surface area contributed by atoms with E-state index in [9.17, 15) is 8.42 Å². The summed E-state index contributed by atoms with van der Waals surface area (Å²) in [4.78, 5) is 2.28. The third-order valence-corrected chi connectivity index (χ3v) is 5.66. The van der Waals surface area contributed by atoms with Gasteiger partial charge in [-0.25, -0.2) is 8.42 Å². The Kier molecular flexibility index (Phi) is 4.75. The predicted octanol–water partition coefficient (Wildman–Crippen LogP) is 1.60. The smallest absolute Gasteiger partial charge is 0.276 e. The number of nitrogens with zero attached hydrogens (tertiary/aromatic N) is 4. The van der Waals surface area contributed by atoms with Gasteiger partial charge in [-0.1, -0.05) is 13.8 Å². The first-order valence-corrected chi connectivity index (χ1v) is 9.42. The Morgan fingerprint density at radius 2 is 1.92 bits per heavy atom. The number of rotatable bonds is 5. The average molecular weight is 354 g/mol. The van der Waals surface area contributed by atoms with Crippen molar-refractivity contribution in [1.82, 2.24) is 19.4 Å². The molecule has 0 unspecified atom stereocenters. The van der Waals surface area contributed by atoms with E-state index < -0.39 is 10.0 Å². The minimum absolute atomic E-state index is 0.0920. The zero-order valence-electron chi connectivity index (χ0n) is 14.1. The summed E-state index contributed by atoms with van der Waals surface area (Å²) < 4.78 is 37.5. The quantitative estimate of drug-likeness (QED) is 0.805. The fourth-order valence-corrected chi connectivity index (χ4v) is 4.12. The maximum atomic E-state index is 12.7. The van der Waals surface area contributed by atoms with Crippen LogP contribution in [0.15, 0.2) is 26.3 Å². The van der Waals surface area contributed by atoms with Crippen LogP contribution in [-0.2, 0) is 10.0 Å². The molecule has 3 rings (SSSR count). The number of sulfonamides is 1. The van der Waals surface area contributed by atoms with Crippen molar-refractivity contribution in [3.63, 3.8) is 0 Å².